The molecule has 0 heterocycles. The van der Waals surface area contributed by atoms with Crippen LogP contribution in [0.2, 0.25) is 0 Å². The normalized spacial score (nSPS) is 14.7. The number of aryl methyl sites for hydroxylation is 2. The van der Waals surface area contributed by atoms with Crippen LogP contribution in [0.3, 0.4) is 0 Å². The molecule has 2 aromatic rings. The summed E-state index contributed by atoms with van der Waals surface area (Å²) in [5.41, 5.74) is 0.389. The average molecular weight is 581 g/mol. The number of alkyl halides is 9. The van der Waals surface area contributed by atoms with Crippen molar-refractivity contribution in [3.05, 3.63) is 64.2 Å². The van der Waals surface area contributed by atoms with E-state index in [1.54, 1.807) is 0 Å². The number of hydrogen-bond donors (Lipinski definition) is 2. The van der Waals surface area contributed by atoms with Crippen LogP contribution in [0.15, 0.2) is 36.4 Å². The van der Waals surface area contributed by atoms with Crippen molar-refractivity contribution >= 4 is 8.69 Å². The van der Waals surface area contributed by atoms with E-state index in [2.05, 4.69) is 0 Å². The summed E-state index contributed by atoms with van der Waals surface area (Å²) in [4.78, 5) is 0. The lowest BCUT2D eigenvalue weighted by Gasteiger charge is -2.26. The zero-order chi connectivity index (χ0) is 28.8. The van der Waals surface area contributed by atoms with Gasteiger partial charge >= 0.3 is 18.5 Å². The van der Waals surface area contributed by atoms with E-state index in [-0.39, 0.29) is 49.5 Å². The van der Waals surface area contributed by atoms with Gasteiger partial charge in [0.1, 0.15) is 5.75 Å². The molecule has 0 saturated heterocycles. The van der Waals surface area contributed by atoms with Crippen molar-refractivity contribution in [2.24, 2.45) is 5.73 Å². The fraction of sp³-hybridized carbons (Fsp3) is 0.478. The van der Waals surface area contributed by atoms with Crippen LogP contribution in [0.4, 0.5) is 39.5 Å². The fourth-order valence-electron chi connectivity index (χ4n) is 3.49. The van der Waals surface area contributed by atoms with Crippen LogP contribution in [0.25, 0.3) is 0 Å². The Balaban J connectivity index is 2.11. The maximum Gasteiger partial charge on any atom is 0.419 e. The largest absolute Gasteiger partial charge is 0.493 e. The number of nitrogens with two attached hydrogens (primary N) is 1. The topological polar surface area (TPSA) is 81.8 Å². The minimum Gasteiger partial charge on any atom is -0.493 e. The summed E-state index contributed by atoms with van der Waals surface area (Å²) in [6.45, 7) is -1.23. The van der Waals surface area contributed by atoms with Crippen molar-refractivity contribution < 1.29 is 58.4 Å². The fourth-order valence-corrected chi connectivity index (χ4v) is 3.89. The van der Waals surface area contributed by atoms with Crippen molar-refractivity contribution in [2.75, 3.05) is 19.8 Å². The van der Waals surface area contributed by atoms with Gasteiger partial charge in [0.2, 0.25) is 0 Å². The molecule has 0 fully saturated rings. The average Bonchev–Trinajstić information content (AvgIpc) is 2.82. The van der Waals surface area contributed by atoms with Crippen LogP contribution in [0.1, 0.15) is 40.7 Å². The Labute approximate surface area is 213 Å². The third kappa shape index (κ3) is 9.48. The Hall–Kier alpha value is -2.28. The van der Waals surface area contributed by atoms with E-state index < -0.39 is 68.4 Å². The van der Waals surface area contributed by atoms with Crippen LogP contribution in [-0.4, -0.2) is 30.5 Å². The van der Waals surface area contributed by atoms with E-state index in [0.717, 1.165) is 12.1 Å². The SMILES string of the molecule is NC(CO)(CCc1ccc(OCCCc2cc(C(F)(F)F)cc(C(F)(F)F)c2)c(C(F)(F)F)c1)CO[PH2]=O. The van der Waals surface area contributed by atoms with Gasteiger partial charge < -0.3 is 20.1 Å². The maximum atomic E-state index is 13.6. The third-order valence-electron chi connectivity index (χ3n) is 5.53. The van der Waals surface area contributed by atoms with Gasteiger partial charge in [-0.3, -0.25) is 4.57 Å². The molecule has 0 aromatic heterocycles. The molecule has 0 saturated carbocycles. The minimum atomic E-state index is -5.01. The van der Waals surface area contributed by atoms with Gasteiger partial charge in [-0.1, -0.05) is 6.07 Å². The molecule has 214 valence electrons. The number of aliphatic hydroxyl groups excluding tert-OH is 1. The standard InChI is InChI=1S/C23H25F9NO4P/c24-21(25,26)16-8-15(9-17(11-16)22(27,28)29)2-1-7-36-19-4-3-14(10-18(19)23(30,31)32)5-6-20(33,12-34)13-37-38-35/h3-4,8-11,34H,1-2,5-7,12-13,33,38H2. The number of ether oxygens (including phenoxy) is 1. The quantitative estimate of drug-likeness (QED) is 0.181. The van der Waals surface area contributed by atoms with Crippen LogP contribution >= 0.6 is 8.69 Å². The number of hydrogen-bond acceptors (Lipinski definition) is 5. The summed E-state index contributed by atoms with van der Waals surface area (Å²) in [6.07, 6.45) is -15.3. The van der Waals surface area contributed by atoms with Crippen LogP contribution in [0.5, 0.6) is 5.75 Å². The van der Waals surface area contributed by atoms with Gasteiger partial charge in [0, 0.05) is 0 Å². The predicted molar refractivity (Wildman–Crippen MR) is 120 cm³/mol. The summed E-state index contributed by atoms with van der Waals surface area (Å²) < 4.78 is 139. The molecular weight excluding hydrogens is 556 g/mol. The molecule has 0 bridgehead atoms. The van der Waals surface area contributed by atoms with E-state index in [0.29, 0.717) is 12.1 Å². The van der Waals surface area contributed by atoms with Gasteiger partial charge in [0.05, 0.1) is 42.0 Å². The molecular formula is C23H25F9NO4P. The lowest BCUT2D eigenvalue weighted by atomic mass is 9.93. The van der Waals surface area contributed by atoms with Gasteiger partial charge in [-0.2, -0.15) is 39.5 Å². The van der Waals surface area contributed by atoms with E-state index in [9.17, 15) is 49.2 Å². The molecule has 2 atom stereocenters. The molecule has 2 aromatic carbocycles. The Morgan fingerprint density at radius 3 is 1.92 bits per heavy atom. The second kappa shape index (κ2) is 12.7. The summed E-state index contributed by atoms with van der Waals surface area (Å²) in [7, 11) is -1.58. The summed E-state index contributed by atoms with van der Waals surface area (Å²) in [5, 5.41) is 9.42. The van der Waals surface area contributed by atoms with Crippen LogP contribution in [-0.2, 0) is 40.5 Å². The molecule has 0 radical (unpaired) electrons. The molecule has 0 spiro atoms. The molecule has 0 aliphatic heterocycles. The predicted octanol–water partition coefficient (Wildman–Crippen LogP) is 6.06. The van der Waals surface area contributed by atoms with E-state index in [4.69, 9.17) is 15.0 Å². The first-order valence-electron chi connectivity index (χ1n) is 11.0. The monoisotopic (exact) mass is 581 g/mol. The van der Waals surface area contributed by atoms with Crippen molar-refractivity contribution in [1.82, 2.24) is 0 Å². The number of halogens is 9. The van der Waals surface area contributed by atoms with Gasteiger partial charge in [0.25, 0.3) is 0 Å². The van der Waals surface area contributed by atoms with E-state index >= 15 is 0 Å². The number of rotatable bonds is 12. The first-order chi connectivity index (χ1) is 17.5. The molecule has 15 heteroatoms. The van der Waals surface area contributed by atoms with Crippen molar-refractivity contribution in [3.63, 3.8) is 0 Å². The lowest BCUT2D eigenvalue weighted by Crippen LogP contribution is -2.47. The molecule has 0 amide bonds. The third-order valence-corrected chi connectivity index (χ3v) is 5.83. The van der Waals surface area contributed by atoms with E-state index in [1.807, 2.05) is 0 Å². The molecule has 38 heavy (non-hydrogen) atoms. The second-order valence-electron chi connectivity index (χ2n) is 8.62. The first kappa shape index (κ1) is 31.9. The smallest absolute Gasteiger partial charge is 0.419 e. The molecule has 3 N–H and O–H groups in total. The van der Waals surface area contributed by atoms with Crippen molar-refractivity contribution in [3.8, 4) is 5.75 Å². The lowest BCUT2D eigenvalue weighted by molar-refractivity contribution is -0.143. The van der Waals surface area contributed by atoms with Gasteiger partial charge in [-0.05, 0) is 67.1 Å². The summed E-state index contributed by atoms with van der Waals surface area (Å²) >= 11 is 0. The maximum absolute atomic E-state index is 13.6. The van der Waals surface area contributed by atoms with Crippen molar-refractivity contribution in [2.45, 2.75) is 49.8 Å². The van der Waals surface area contributed by atoms with Gasteiger partial charge in [0.15, 0.2) is 8.69 Å². The van der Waals surface area contributed by atoms with Crippen molar-refractivity contribution in [1.29, 1.82) is 0 Å². The molecule has 5 nitrogen and oxygen atoms in total. The molecule has 2 rings (SSSR count). The number of benzene rings is 2. The zero-order valence-electron chi connectivity index (χ0n) is 19.6. The first-order valence-corrected chi connectivity index (χ1v) is 12.0. The second-order valence-corrected chi connectivity index (χ2v) is 9.15. The highest BCUT2D eigenvalue weighted by Crippen LogP contribution is 2.38. The van der Waals surface area contributed by atoms with E-state index in [1.165, 1.54) is 6.07 Å². The number of aliphatic hydroxyl groups is 1. The zero-order valence-corrected chi connectivity index (χ0v) is 20.8. The minimum absolute atomic E-state index is 0.00898. The molecule has 2 unspecified atom stereocenters. The Morgan fingerprint density at radius 1 is 0.816 bits per heavy atom. The van der Waals surface area contributed by atoms with Crippen LogP contribution in [0, 0.1) is 0 Å². The highest BCUT2D eigenvalue weighted by molar-refractivity contribution is 7.17. The highest BCUT2D eigenvalue weighted by atomic mass is 31.1. The van der Waals surface area contributed by atoms with Gasteiger partial charge in [-0.15, -0.1) is 0 Å². The van der Waals surface area contributed by atoms with Gasteiger partial charge in [-0.25, -0.2) is 0 Å². The van der Waals surface area contributed by atoms with Crippen LogP contribution < -0.4 is 10.5 Å². The Morgan fingerprint density at radius 2 is 1.42 bits per heavy atom. The summed E-state index contributed by atoms with van der Waals surface area (Å²) in [6, 6.07) is 4.28. The summed E-state index contributed by atoms with van der Waals surface area (Å²) in [5.74, 6) is -0.569. The Bertz CT molecular complexity index is 1060. The molecule has 0 aliphatic rings. The Kier molecular flexibility index (Phi) is 10.7. The molecule has 0 aliphatic carbocycles. The highest BCUT2D eigenvalue weighted by Gasteiger charge is 2.37.